The summed E-state index contributed by atoms with van der Waals surface area (Å²) in [5.41, 5.74) is 2.80. The second kappa shape index (κ2) is 6.58. The molecule has 1 aliphatic heterocycles. The minimum absolute atomic E-state index is 0.161. The zero-order valence-electron chi connectivity index (χ0n) is 16.3. The van der Waals surface area contributed by atoms with E-state index in [0.717, 1.165) is 18.5 Å². The molecule has 1 aromatic rings. The molecule has 1 aliphatic carbocycles. The molecular weight excluding hydrogens is 330 g/mol. The second-order valence-corrected chi connectivity index (χ2v) is 8.50. The van der Waals surface area contributed by atoms with Crippen molar-refractivity contribution in [2.24, 2.45) is 0 Å². The van der Waals surface area contributed by atoms with Gasteiger partial charge in [-0.05, 0) is 77.4 Å². The van der Waals surface area contributed by atoms with Gasteiger partial charge in [0, 0.05) is 23.8 Å². The van der Waals surface area contributed by atoms with Crippen LogP contribution >= 0.6 is 0 Å². The molecule has 142 valence electrons. The summed E-state index contributed by atoms with van der Waals surface area (Å²) in [5, 5.41) is 11.6. The smallest absolute Gasteiger partial charge is 0.249 e. The Hall–Kier alpha value is -2.08. The number of nitrogens with zero attached hydrogens (tertiary/aromatic N) is 3. The average Bonchev–Trinajstić information content (AvgIpc) is 3.09. The van der Waals surface area contributed by atoms with Crippen LogP contribution in [0.25, 0.3) is 0 Å². The largest absolute Gasteiger partial charge is 0.530 e. The van der Waals surface area contributed by atoms with Crippen LogP contribution in [0.15, 0.2) is 18.2 Å². The normalized spacial score (nSPS) is 22.8. The standard InChI is InChI=1S/C20H29N3O3/c1-20(2,3)23(19(25)26)17-10-11-22(18(17)24)14-7-8-15-13(12-14)6-9-16(15)21(4)5/h7-8,12,16-17H,6,9-11H2,1-5H3,(H,25,26)/p-1/t16?,17-/m0/s1. The minimum atomic E-state index is -1.29. The van der Waals surface area contributed by atoms with E-state index in [-0.39, 0.29) is 5.91 Å². The molecule has 1 saturated heterocycles. The fourth-order valence-corrected chi connectivity index (χ4v) is 4.32. The molecule has 2 atom stereocenters. The van der Waals surface area contributed by atoms with Crippen molar-refractivity contribution in [3.63, 3.8) is 0 Å². The third-order valence-corrected chi connectivity index (χ3v) is 5.52. The molecule has 0 aromatic heterocycles. The van der Waals surface area contributed by atoms with Crippen LogP contribution in [0.2, 0.25) is 0 Å². The van der Waals surface area contributed by atoms with Gasteiger partial charge in [0.25, 0.3) is 0 Å². The SMILES string of the molecule is CN(C)C1CCc2cc(N3CC[C@H](N(C(=O)[O-])C(C)(C)C)C3=O)ccc21. The van der Waals surface area contributed by atoms with Gasteiger partial charge in [0.15, 0.2) is 0 Å². The maximum Gasteiger partial charge on any atom is 0.249 e. The third-order valence-electron chi connectivity index (χ3n) is 5.52. The van der Waals surface area contributed by atoms with Gasteiger partial charge in [0.2, 0.25) is 5.91 Å². The molecule has 1 aromatic carbocycles. The minimum Gasteiger partial charge on any atom is -0.530 e. The maximum atomic E-state index is 13.0. The summed E-state index contributed by atoms with van der Waals surface area (Å²) in [6, 6.07) is 5.95. The first-order valence-electron chi connectivity index (χ1n) is 9.22. The summed E-state index contributed by atoms with van der Waals surface area (Å²) in [4.78, 5) is 29.7. The molecule has 2 aliphatic rings. The first kappa shape index (κ1) is 18.7. The summed E-state index contributed by atoms with van der Waals surface area (Å²) in [6.07, 6.45) is 1.29. The number of rotatable bonds is 3. The number of aryl methyl sites for hydroxylation is 1. The van der Waals surface area contributed by atoms with Crippen molar-refractivity contribution < 1.29 is 14.7 Å². The van der Waals surface area contributed by atoms with E-state index in [1.807, 2.05) is 6.07 Å². The maximum absolute atomic E-state index is 13.0. The predicted molar refractivity (Wildman–Crippen MR) is 98.9 cm³/mol. The molecule has 1 fully saturated rings. The Morgan fingerprint density at radius 1 is 1.19 bits per heavy atom. The van der Waals surface area contributed by atoms with Crippen molar-refractivity contribution in [2.75, 3.05) is 25.5 Å². The van der Waals surface area contributed by atoms with Crippen molar-refractivity contribution in [3.8, 4) is 0 Å². The molecule has 1 unspecified atom stereocenters. The number of hydrogen-bond acceptors (Lipinski definition) is 4. The van der Waals surface area contributed by atoms with Crippen LogP contribution < -0.4 is 10.0 Å². The predicted octanol–water partition coefficient (Wildman–Crippen LogP) is 1.78. The van der Waals surface area contributed by atoms with Gasteiger partial charge in [-0.25, -0.2) is 0 Å². The number of carboxylic acid groups (broad SMARTS) is 1. The molecule has 6 heteroatoms. The highest BCUT2D eigenvalue weighted by Gasteiger charge is 2.41. The fraction of sp³-hybridized carbons (Fsp3) is 0.600. The van der Waals surface area contributed by atoms with Gasteiger partial charge in [0.05, 0.1) is 0 Å². The van der Waals surface area contributed by atoms with E-state index in [1.54, 1.807) is 25.7 Å². The summed E-state index contributed by atoms with van der Waals surface area (Å²) < 4.78 is 0. The quantitative estimate of drug-likeness (QED) is 0.826. The van der Waals surface area contributed by atoms with E-state index in [9.17, 15) is 14.7 Å². The molecule has 0 bridgehead atoms. The van der Waals surface area contributed by atoms with Crippen LogP contribution in [0.5, 0.6) is 0 Å². The van der Waals surface area contributed by atoms with E-state index in [1.165, 1.54) is 16.0 Å². The Bertz CT molecular complexity index is 724. The van der Waals surface area contributed by atoms with Gasteiger partial charge in [-0.15, -0.1) is 0 Å². The Morgan fingerprint density at radius 3 is 2.46 bits per heavy atom. The molecule has 0 N–H and O–H groups in total. The van der Waals surface area contributed by atoms with Crippen LogP contribution in [0.4, 0.5) is 10.5 Å². The van der Waals surface area contributed by atoms with E-state index in [0.29, 0.717) is 19.0 Å². The summed E-state index contributed by atoms with van der Waals surface area (Å²) in [6.45, 7) is 5.89. The Morgan fingerprint density at radius 2 is 1.88 bits per heavy atom. The number of fused-ring (bicyclic) bond motifs is 1. The molecular formula is C20H28N3O3-. The van der Waals surface area contributed by atoms with E-state index >= 15 is 0 Å². The Labute approximate surface area is 155 Å². The first-order valence-corrected chi connectivity index (χ1v) is 9.22. The Balaban J connectivity index is 1.84. The second-order valence-electron chi connectivity index (χ2n) is 8.50. The summed E-state index contributed by atoms with van der Waals surface area (Å²) in [5.74, 6) is -0.161. The fourth-order valence-electron chi connectivity index (χ4n) is 4.32. The number of hydrogen-bond donors (Lipinski definition) is 0. The topological polar surface area (TPSA) is 66.9 Å². The highest BCUT2D eigenvalue weighted by molar-refractivity contribution is 6.00. The zero-order valence-corrected chi connectivity index (χ0v) is 16.3. The number of anilines is 1. The number of carbonyl (C=O) groups excluding carboxylic acids is 2. The van der Waals surface area contributed by atoms with Crippen LogP contribution in [0, 0.1) is 0 Å². The lowest BCUT2D eigenvalue weighted by atomic mass is 10.0. The van der Waals surface area contributed by atoms with Crippen LogP contribution in [0.1, 0.15) is 50.8 Å². The first-order chi connectivity index (χ1) is 12.1. The van der Waals surface area contributed by atoms with Gasteiger partial charge >= 0.3 is 0 Å². The monoisotopic (exact) mass is 358 g/mol. The number of amides is 2. The van der Waals surface area contributed by atoms with Gasteiger partial charge < -0.3 is 24.6 Å². The van der Waals surface area contributed by atoms with Crippen molar-refractivity contribution in [1.82, 2.24) is 9.80 Å². The van der Waals surface area contributed by atoms with Crippen molar-refractivity contribution >= 4 is 17.7 Å². The lowest BCUT2D eigenvalue weighted by molar-refractivity contribution is -0.272. The van der Waals surface area contributed by atoms with Gasteiger partial charge in [-0.3, -0.25) is 4.79 Å². The lowest BCUT2D eigenvalue weighted by Gasteiger charge is -2.41. The number of benzene rings is 1. The van der Waals surface area contributed by atoms with Crippen molar-refractivity contribution in [3.05, 3.63) is 29.3 Å². The average molecular weight is 358 g/mol. The van der Waals surface area contributed by atoms with Crippen molar-refractivity contribution in [1.29, 1.82) is 0 Å². The molecule has 6 nitrogen and oxygen atoms in total. The summed E-state index contributed by atoms with van der Waals surface area (Å²) in [7, 11) is 4.17. The van der Waals surface area contributed by atoms with Gasteiger partial charge in [-0.2, -0.15) is 0 Å². The van der Waals surface area contributed by atoms with Crippen molar-refractivity contribution in [2.45, 2.75) is 57.7 Å². The molecule has 0 saturated carbocycles. The van der Waals surface area contributed by atoms with E-state index < -0.39 is 17.7 Å². The molecule has 0 radical (unpaired) electrons. The molecule has 2 amide bonds. The van der Waals surface area contributed by atoms with E-state index in [4.69, 9.17) is 0 Å². The lowest BCUT2D eigenvalue weighted by Crippen LogP contribution is -2.58. The van der Waals surface area contributed by atoms with Gasteiger partial charge in [-0.1, -0.05) is 6.07 Å². The number of carbonyl (C=O) groups is 2. The summed E-state index contributed by atoms with van der Waals surface area (Å²) >= 11 is 0. The van der Waals surface area contributed by atoms with Crippen LogP contribution in [-0.4, -0.2) is 54.0 Å². The van der Waals surface area contributed by atoms with Crippen LogP contribution in [0.3, 0.4) is 0 Å². The molecule has 0 spiro atoms. The van der Waals surface area contributed by atoms with Gasteiger partial charge in [0.1, 0.15) is 12.1 Å². The highest BCUT2D eigenvalue weighted by Crippen LogP contribution is 2.37. The van der Waals surface area contributed by atoms with Crippen LogP contribution in [-0.2, 0) is 11.2 Å². The zero-order chi connectivity index (χ0) is 19.2. The molecule has 26 heavy (non-hydrogen) atoms. The Kier molecular flexibility index (Phi) is 4.73. The highest BCUT2D eigenvalue weighted by atomic mass is 16.4. The molecule has 3 rings (SSSR count). The third kappa shape index (κ3) is 3.18. The van der Waals surface area contributed by atoms with E-state index in [2.05, 4.69) is 31.1 Å². The molecule has 1 heterocycles.